The van der Waals surface area contributed by atoms with Gasteiger partial charge in [0.25, 0.3) is 0 Å². The van der Waals surface area contributed by atoms with Crippen molar-refractivity contribution in [2.24, 2.45) is 5.73 Å². The Kier molecular flexibility index (Phi) is 7.30. The van der Waals surface area contributed by atoms with Crippen LogP contribution < -0.4 is 10.5 Å². The Morgan fingerprint density at radius 3 is 2.15 bits per heavy atom. The van der Waals surface area contributed by atoms with Crippen molar-refractivity contribution in [2.75, 3.05) is 0 Å². The molecule has 0 saturated carbocycles. The van der Waals surface area contributed by atoms with E-state index >= 15 is 0 Å². The summed E-state index contributed by atoms with van der Waals surface area (Å²) in [5.41, 5.74) is 6.21. The first-order chi connectivity index (χ1) is 9.09. The van der Waals surface area contributed by atoms with Crippen LogP contribution in [0, 0.1) is 0 Å². The van der Waals surface area contributed by atoms with E-state index in [0.717, 1.165) is 0 Å². The number of halogens is 2. The summed E-state index contributed by atoms with van der Waals surface area (Å²) in [4.78, 5) is 12.0. The molecule has 6 heteroatoms. The van der Waals surface area contributed by atoms with Crippen LogP contribution in [0.15, 0.2) is 48.5 Å². The minimum atomic E-state index is -1.03. The number of para-hydroxylation sites is 1. The molecule has 2 rings (SSSR count). The van der Waals surface area contributed by atoms with Crippen LogP contribution in [-0.2, 0) is 4.79 Å². The second-order valence-corrected chi connectivity index (χ2v) is 4.66. The standard InChI is InChI=1S/C14H11Cl2NO2.Ca.2H/c15-10-7-4-8-11(16)12(10)13(17)14(18)19-9-5-2-1-3-6-9;;;/h1-8,13H,17H2;;;/q;+2;2*-1. The van der Waals surface area contributed by atoms with Crippen LogP contribution >= 0.6 is 23.2 Å². The number of rotatable bonds is 3. The Morgan fingerprint density at radius 2 is 1.60 bits per heavy atom. The van der Waals surface area contributed by atoms with Crippen LogP contribution in [0.25, 0.3) is 0 Å². The molecule has 2 aromatic rings. The quantitative estimate of drug-likeness (QED) is 0.530. The van der Waals surface area contributed by atoms with Crippen LogP contribution in [0.3, 0.4) is 0 Å². The van der Waals surface area contributed by atoms with Crippen molar-refractivity contribution < 1.29 is 12.4 Å². The van der Waals surface area contributed by atoms with Crippen molar-refractivity contribution in [3.8, 4) is 5.75 Å². The zero-order chi connectivity index (χ0) is 13.8. The van der Waals surface area contributed by atoms with E-state index in [1.807, 2.05) is 6.07 Å². The number of hydrogen-bond acceptors (Lipinski definition) is 3. The zero-order valence-corrected chi connectivity index (χ0v) is 14.3. The Labute approximate surface area is 160 Å². The first kappa shape index (κ1) is 17.8. The van der Waals surface area contributed by atoms with E-state index in [0.29, 0.717) is 21.4 Å². The Morgan fingerprint density at radius 1 is 1.05 bits per heavy atom. The number of nitrogens with two attached hydrogens (primary N) is 1. The van der Waals surface area contributed by atoms with Gasteiger partial charge in [0.05, 0.1) is 0 Å². The smallest absolute Gasteiger partial charge is 1.00 e. The molecular weight excluding hydrogens is 325 g/mol. The van der Waals surface area contributed by atoms with Gasteiger partial charge in [-0.15, -0.1) is 0 Å². The Balaban J connectivity index is 0. The van der Waals surface area contributed by atoms with Crippen LogP contribution in [0.2, 0.25) is 10.0 Å². The van der Waals surface area contributed by atoms with E-state index in [1.165, 1.54) is 0 Å². The number of ether oxygens (including phenoxy) is 1. The summed E-state index contributed by atoms with van der Waals surface area (Å²) in [5.74, 6) is -0.188. The van der Waals surface area contributed by atoms with Gasteiger partial charge in [0.15, 0.2) is 0 Å². The zero-order valence-electron chi connectivity index (χ0n) is 12.6. The van der Waals surface area contributed by atoms with Gasteiger partial charge in [-0.1, -0.05) is 47.5 Å². The van der Waals surface area contributed by atoms with Crippen LogP contribution in [-0.4, -0.2) is 43.7 Å². The largest absolute Gasteiger partial charge is 2.00 e. The van der Waals surface area contributed by atoms with E-state index in [4.69, 9.17) is 33.7 Å². The fourth-order valence-corrected chi connectivity index (χ4v) is 2.23. The van der Waals surface area contributed by atoms with Gasteiger partial charge in [-0.25, -0.2) is 4.79 Å². The molecule has 102 valence electrons. The molecule has 0 aliphatic rings. The van der Waals surface area contributed by atoms with Crippen molar-refractivity contribution >= 4 is 66.9 Å². The predicted molar refractivity (Wildman–Crippen MR) is 83.4 cm³/mol. The van der Waals surface area contributed by atoms with E-state index in [2.05, 4.69) is 0 Å². The first-order valence-electron chi connectivity index (χ1n) is 5.56. The molecular formula is C14H13CaCl2NO2. The summed E-state index contributed by atoms with van der Waals surface area (Å²) < 4.78 is 5.16. The molecule has 1 unspecified atom stereocenters. The average Bonchev–Trinajstić information content (AvgIpc) is 2.39. The molecule has 0 spiro atoms. The summed E-state index contributed by atoms with van der Waals surface area (Å²) in [7, 11) is 0. The Bertz CT molecular complexity index is 582. The van der Waals surface area contributed by atoms with E-state index < -0.39 is 12.0 Å². The molecule has 0 aromatic heterocycles. The number of benzene rings is 2. The monoisotopic (exact) mass is 337 g/mol. The number of carbonyl (C=O) groups excluding carboxylic acids is 1. The van der Waals surface area contributed by atoms with Gasteiger partial charge >= 0.3 is 43.7 Å². The summed E-state index contributed by atoms with van der Waals surface area (Å²) in [5, 5.41) is 0.676. The molecule has 0 radical (unpaired) electrons. The average molecular weight is 338 g/mol. The topological polar surface area (TPSA) is 52.3 Å². The molecule has 0 aliphatic carbocycles. The van der Waals surface area contributed by atoms with Gasteiger partial charge in [0.1, 0.15) is 11.8 Å². The second-order valence-electron chi connectivity index (χ2n) is 3.85. The summed E-state index contributed by atoms with van der Waals surface area (Å²) in [6.45, 7) is 0. The minimum absolute atomic E-state index is 0. The van der Waals surface area contributed by atoms with Gasteiger partial charge in [-0.05, 0) is 24.3 Å². The number of hydrogen-bond donors (Lipinski definition) is 1. The van der Waals surface area contributed by atoms with E-state index in [9.17, 15) is 4.79 Å². The third-order valence-electron chi connectivity index (χ3n) is 2.53. The molecule has 0 heterocycles. The maximum absolute atomic E-state index is 12.0. The summed E-state index contributed by atoms with van der Waals surface area (Å²) in [6, 6.07) is 12.6. The fraction of sp³-hybridized carbons (Fsp3) is 0.0714. The van der Waals surface area contributed by atoms with E-state index in [1.54, 1.807) is 42.5 Å². The van der Waals surface area contributed by atoms with Crippen molar-refractivity contribution in [3.05, 3.63) is 64.1 Å². The maximum atomic E-state index is 12.0. The van der Waals surface area contributed by atoms with Gasteiger partial charge in [-0.3, -0.25) is 0 Å². The molecule has 0 bridgehead atoms. The van der Waals surface area contributed by atoms with Crippen LogP contribution in [0.1, 0.15) is 14.5 Å². The van der Waals surface area contributed by atoms with Crippen molar-refractivity contribution in [1.82, 2.24) is 0 Å². The van der Waals surface area contributed by atoms with Crippen LogP contribution in [0.5, 0.6) is 5.75 Å². The molecule has 2 aromatic carbocycles. The first-order valence-corrected chi connectivity index (χ1v) is 6.31. The maximum Gasteiger partial charge on any atom is 2.00 e. The molecule has 0 amide bonds. The van der Waals surface area contributed by atoms with Crippen molar-refractivity contribution in [1.29, 1.82) is 0 Å². The van der Waals surface area contributed by atoms with Gasteiger partial charge in [0.2, 0.25) is 0 Å². The van der Waals surface area contributed by atoms with Crippen molar-refractivity contribution in [3.63, 3.8) is 0 Å². The van der Waals surface area contributed by atoms with Crippen molar-refractivity contribution in [2.45, 2.75) is 6.04 Å². The molecule has 0 saturated heterocycles. The summed E-state index contributed by atoms with van der Waals surface area (Å²) >= 11 is 12.0. The third-order valence-corrected chi connectivity index (χ3v) is 3.19. The molecule has 0 fully saturated rings. The molecule has 3 nitrogen and oxygen atoms in total. The number of esters is 1. The van der Waals surface area contributed by atoms with Crippen LogP contribution in [0.4, 0.5) is 0 Å². The second kappa shape index (κ2) is 8.23. The minimum Gasteiger partial charge on any atom is -1.00 e. The fourth-order valence-electron chi connectivity index (χ4n) is 1.59. The normalized spacial score (nSPS) is 11.3. The molecule has 2 N–H and O–H groups in total. The Hall–Kier alpha value is -0.290. The molecule has 1 atom stereocenters. The third kappa shape index (κ3) is 4.35. The van der Waals surface area contributed by atoms with Gasteiger partial charge < -0.3 is 13.3 Å². The van der Waals surface area contributed by atoms with Gasteiger partial charge in [0, 0.05) is 15.6 Å². The number of carbonyl (C=O) groups is 1. The van der Waals surface area contributed by atoms with E-state index in [-0.39, 0.29) is 40.6 Å². The van der Waals surface area contributed by atoms with Gasteiger partial charge in [-0.2, -0.15) is 0 Å². The molecule has 20 heavy (non-hydrogen) atoms. The summed E-state index contributed by atoms with van der Waals surface area (Å²) in [6.07, 6.45) is 0. The molecule has 0 aliphatic heterocycles. The SMILES string of the molecule is NC(C(=O)Oc1ccccc1)c1c(Cl)cccc1Cl.[Ca+2].[H-].[H-]. The predicted octanol–water partition coefficient (Wildman–Crippen LogP) is 3.44.